The molecule has 0 unspecified atom stereocenters. The van der Waals surface area contributed by atoms with Crippen LogP contribution >= 0.6 is 0 Å². The third kappa shape index (κ3) is 5.56. The van der Waals surface area contributed by atoms with Crippen molar-refractivity contribution >= 4 is 12.0 Å². The summed E-state index contributed by atoms with van der Waals surface area (Å²) in [5.41, 5.74) is -0.484. The minimum Gasteiger partial charge on any atom is -0.481 e. The summed E-state index contributed by atoms with van der Waals surface area (Å²) in [5.74, 6) is -0.211. The van der Waals surface area contributed by atoms with Crippen molar-refractivity contribution in [2.24, 2.45) is 5.92 Å². The van der Waals surface area contributed by atoms with Crippen LogP contribution in [0.25, 0.3) is 0 Å². The van der Waals surface area contributed by atoms with E-state index in [1.165, 1.54) is 19.3 Å². The van der Waals surface area contributed by atoms with Crippen molar-refractivity contribution in [3.05, 3.63) is 0 Å². The van der Waals surface area contributed by atoms with Crippen molar-refractivity contribution < 1.29 is 14.7 Å². The van der Waals surface area contributed by atoms with Crippen LogP contribution in [0, 0.1) is 5.92 Å². The van der Waals surface area contributed by atoms with Crippen LogP contribution in [0.1, 0.15) is 46.0 Å². The maximum Gasteiger partial charge on any atom is 0.315 e. The quantitative estimate of drug-likeness (QED) is 0.663. The smallest absolute Gasteiger partial charge is 0.315 e. The fraction of sp³-hybridized carbons (Fsp3) is 0.833. The van der Waals surface area contributed by atoms with E-state index in [2.05, 4.69) is 10.6 Å². The SMILES string of the molecule is CC(C)(CCC(=O)O)NC(=O)NCC1CCC1. The maximum absolute atomic E-state index is 11.6. The summed E-state index contributed by atoms with van der Waals surface area (Å²) in [6.07, 6.45) is 4.15. The monoisotopic (exact) mass is 242 g/mol. The van der Waals surface area contributed by atoms with E-state index in [0.717, 1.165) is 6.54 Å². The fourth-order valence-corrected chi connectivity index (χ4v) is 1.77. The van der Waals surface area contributed by atoms with Crippen molar-refractivity contribution in [2.45, 2.75) is 51.5 Å². The van der Waals surface area contributed by atoms with Crippen LogP contribution in [0.2, 0.25) is 0 Å². The van der Waals surface area contributed by atoms with Gasteiger partial charge in [0.15, 0.2) is 0 Å². The Morgan fingerprint density at radius 3 is 2.47 bits per heavy atom. The average Bonchev–Trinajstić information content (AvgIpc) is 2.11. The zero-order valence-corrected chi connectivity index (χ0v) is 10.6. The molecule has 1 saturated carbocycles. The second kappa shape index (κ2) is 5.89. The molecule has 0 aromatic rings. The van der Waals surface area contributed by atoms with E-state index in [1.54, 1.807) is 0 Å². The zero-order valence-electron chi connectivity index (χ0n) is 10.6. The van der Waals surface area contributed by atoms with Gasteiger partial charge >= 0.3 is 12.0 Å². The maximum atomic E-state index is 11.6. The molecule has 0 radical (unpaired) electrons. The zero-order chi connectivity index (χ0) is 12.9. The molecule has 2 amide bonds. The topological polar surface area (TPSA) is 78.4 Å². The van der Waals surface area contributed by atoms with Crippen molar-refractivity contribution in [3.63, 3.8) is 0 Å². The van der Waals surface area contributed by atoms with Gasteiger partial charge < -0.3 is 15.7 Å². The Labute approximate surface area is 102 Å². The lowest BCUT2D eigenvalue weighted by molar-refractivity contribution is -0.137. The minimum atomic E-state index is -0.838. The van der Waals surface area contributed by atoms with Gasteiger partial charge in [-0.3, -0.25) is 4.79 Å². The van der Waals surface area contributed by atoms with Gasteiger partial charge in [0.25, 0.3) is 0 Å². The fourth-order valence-electron chi connectivity index (χ4n) is 1.77. The molecule has 1 aliphatic carbocycles. The molecule has 0 saturated heterocycles. The van der Waals surface area contributed by atoms with Crippen molar-refractivity contribution in [3.8, 4) is 0 Å². The standard InChI is InChI=1S/C12H22N2O3/c1-12(2,7-6-10(15)16)14-11(17)13-8-9-4-3-5-9/h9H,3-8H2,1-2H3,(H,15,16)(H2,13,14,17). The van der Waals surface area contributed by atoms with Crippen LogP contribution in [0.4, 0.5) is 4.79 Å². The van der Waals surface area contributed by atoms with Gasteiger partial charge in [-0.05, 0) is 39.0 Å². The Balaban J connectivity index is 2.20. The molecule has 1 rings (SSSR count). The van der Waals surface area contributed by atoms with Gasteiger partial charge in [-0.25, -0.2) is 4.79 Å². The lowest BCUT2D eigenvalue weighted by atomic mass is 9.85. The van der Waals surface area contributed by atoms with E-state index in [4.69, 9.17) is 5.11 Å². The van der Waals surface area contributed by atoms with Crippen LogP contribution in [-0.4, -0.2) is 29.2 Å². The number of aliphatic carboxylic acids is 1. The Bertz CT molecular complexity index is 285. The number of rotatable bonds is 6. The summed E-state index contributed by atoms with van der Waals surface area (Å²) in [6, 6.07) is -0.202. The Kier molecular flexibility index (Phi) is 4.78. The molecule has 5 nitrogen and oxygen atoms in total. The van der Waals surface area contributed by atoms with Crippen LogP contribution in [0.3, 0.4) is 0 Å². The van der Waals surface area contributed by atoms with Crippen molar-refractivity contribution in [1.29, 1.82) is 0 Å². The molecule has 1 aliphatic rings. The summed E-state index contributed by atoms with van der Waals surface area (Å²) in [7, 11) is 0. The lowest BCUT2D eigenvalue weighted by Crippen LogP contribution is -2.49. The van der Waals surface area contributed by atoms with E-state index in [0.29, 0.717) is 12.3 Å². The van der Waals surface area contributed by atoms with Gasteiger partial charge in [0.2, 0.25) is 0 Å². The molecule has 0 bridgehead atoms. The van der Waals surface area contributed by atoms with Crippen LogP contribution in [0.5, 0.6) is 0 Å². The Morgan fingerprint density at radius 2 is 2.00 bits per heavy atom. The van der Waals surface area contributed by atoms with Gasteiger partial charge in [0, 0.05) is 18.5 Å². The molecule has 0 heterocycles. The first-order valence-corrected chi connectivity index (χ1v) is 6.17. The van der Waals surface area contributed by atoms with E-state index in [9.17, 15) is 9.59 Å². The molecule has 5 heteroatoms. The molecule has 0 atom stereocenters. The normalized spacial score (nSPS) is 16.1. The van der Waals surface area contributed by atoms with Crippen LogP contribution in [0.15, 0.2) is 0 Å². The highest BCUT2D eigenvalue weighted by Crippen LogP contribution is 2.25. The van der Waals surface area contributed by atoms with Crippen LogP contribution in [-0.2, 0) is 4.79 Å². The molecule has 3 N–H and O–H groups in total. The van der Waals surface area contributed by atoms with Gasteiger partial charge in [0.1, 0.15) is 0 Å². The number of carboxylic acids is 1. The van der Waals surface area contributed by atoms with E-state index in [1.807, 2.05) is 13.8 Å². The first kappa shape index (κ1) is 13.8. The molecule has 17 heavy (non-hydrogen) atoms. The van der Waals surface area contributed by atoms with Gasteiger partial charge in [-0.2, -0.15) is 0 Å². The third-order valence-electron chi connectivity index (χ3n) is 3.19. The number of carbonyl (C=O) groups is 2. The third-order valence-corrected chi connectivity index (χ3v) is 3.19. The number of urea groups is 1. The predicted molar refractivity (Wildman–Crippen MR) is 64.8 cm³/mol. The number of hydrogen-bond donors (Lipinski definition) is 3. The first-order chi connectivity index (χ1) is 7.89. The number of carbonyl (C=O) groups excluding carboxylic acids is 1. The van der Waals surface area contributed by atoms with Gasteiger partial charge in [-0.1, -0.05) is 6.42 Å². The van der Waals surface area contributed by atoms with E-state index in [-0.39, 0.29) is 12.5 Å². The Morgan fingerprint density at radius 1 is 1.35 bits per heavy atom. The van der Waals surface area contributed by atoms with Gasteiger partial charge in [-0.15, -0.1) is 0 Å². The predicted octanol–water partition coefficient (Wildman–Crippen LogP) is 1.73. The molecule has 0 aliphatic heterocycles. The highest BCUT2D eigenvalue weighted by molar-refractivity contribution is 5.74. The molecule has 0 aromatic carbocycles. The first-order valence-electron chi connectivity index (χ1n) is 6.17. The summed E-state index contributed by atoms with van der Waals surface area (Å²) in [5, 5.41) is 14.2. The van der Waals surface area contributed by atoms with Crippen molar-refractivity contribution in [2.75, 3.05) is 6.54 Å². The second-order valence-corrected chi connectivity index (χ2v) is 5.41. The highest BCUT2D eigenvalue weighted by atomic mass is 16.4. The lowest BCUT2D eigenvalue weighted by Gasteiger charge is -2.28. The molecule has 0 spiro atoms. The highest BCUT2D eigenvalue weighted by Gasteiger charge is 2.23. The number of amides is 2. The van der Waals surface area contributed by atoms with Crippen molar-refractivity contribution in [1.82, 2.24) is 10.6 Å². The summed E-state index contributed by atoms with van der Waals surface area (Å²) >= 11 is 0. The van der Waals surface area contributed by atoms with E-state index < -0.39 is 11.5 Å². The molecular formula is C12H22N2O3. The second-order valence-electron chi connectivity index (χ2n) is 5.41. The number of hydrogen-bond acceptors (Lipinski definition) is 2. The molecular weight excluding hydrogens is 220 g/mol. The van der Waals surface area contributed by atoms with E-state index >= 15 is 0 Å². The minimum absolute atomic E-state index is 0.0654. The average molecular weight is 242 g/mol. The molecule has 0 aromatic heterocycles. The summed E-state index contributed by atoms with van der Waals surface area (Å²) in [6.45, 7) is 4.39. The molecule has 1 fully saturated rings. The largest absolute Gasteiger partial charge is 0.481 e. The molecule has 98 valence electrons. The Hall–Kier alpha value is -1.26. The number of nitrogens with one attached hydrogen (secondary N) is 2. The summed E-state index contributed by atoms with van der Waals surface area (Å²) in [4.78, 5) is 22.0. The van der Waals surface area contributed by atoms with Gasteiger partial charge in [0.05, 0.1) is 0 Å². The summed E-state index contributed by atoms with van der Waals surface area (Å²) < 4.78 is 0. The van der Waals surface area contributed by atoms with Crippen LogP contribution < -0.4 is 10.6 Å². The number of carboxylic acid groups (broad SMARTS) is 1.